The van der Waals surface area contributed by atoms with E-state index in [1.165, 1.54) is 43.4 Å². The molecule has 3 aromatic heterocycles. The fourth-order valence-corrected chi connectivity index (χ4v) is 10.0. The van der Waals surface area contributed by atoms with Crippen LogP contribution >= 0.6 is 0 Å². The van der Waals surface area contributed by atoms with E-state index in [0.717, 1.165) is 72.5 Å². The van der Waals surface area contributed by atoms with E-state index >= 15 is 0 Å². The highest BCUT2D eigenvalue weighted by Gasteiger charge is 2.24. The summed E-state index contributed by atoms with van der Waals surface area (Å²) >= 11 is 0. The molecule has 0 atom stereocenters. The van der Waals surface area contributed by atoms with Gasteiger partial charge in [0, 0.05) is 49.3 Å². The minimum Gasteiger partial charge on any atom is -0.456 e. The van der Waals surface area contributed by atoms with Crippen molar-refractivity contribution in [2.75, 3.05) is 4.90 Å². The Kier molecular flexibility index (Phi) is 7.57. The van der Waals surface area contributed by atoms with Crippen LogP contribution in [0.2, 0.25) is 0 Å². The maximum Gasteiger partial charge on any atom is 0.136 e. The minimum atomic E-state index is 0.871. The summed E-state index contributed by atoms with van der Waals surface area (Å²) in [6.07, 6.45) is 0. The molecule has 0 aliphatic rings. The van der Waals surface area contributed by atoms with Gasteiger partial charge < -0.3 is 18.5 Å². The summed E-state index contributed by atoms with van der Waals surface area (Å²) in [5.41, 5.74) is 14.1. The van der Waals surface area contributed by atoms with Gasteiger partial charge in [-0.1, -0.05) is 140 Å². The molecule has 0 aliphatic heterocycles. The number of hydrogen-bond donors (Lipinski definition) is 0. The van der Waals surface area contributed by atoms with Gasteiger partial charge in [-0.2, -0.15) is 0 Å². The first-order chi connectivity index (χ1) is 30.8. The number of benzene rings is 10. The van der Waals surface area contributed by atoms with E-state index in [-0.39, 0.29) is 0 Å². The predicted octanol–water partition coefficient (Wildman–Crippen LogP) is 16.1. The lowest BCUT2D eigenvalue weighted by Gasteiger charge is -2.30. The van der Waals surface area contributed by atoms with Crippen LogP contribution in [0.1, 0.15) is 0 Å². The lowest BCUT2D eigenvalue weighted by molar-refractivity contribution is 0.669. The van der Waals surface area contributed by atoms with Crippen LogP contribution in [0, 0.1) is 0 Å². The van der Waals surface area contributed by atoms with E-state index in [9.17, 15) is 0 Å². The molecule has 0 amide bonds. The number of para-hydroxylation sites is 7. The number of nitrogens with zero attached hydrogens (tertiary/aromatic N) is 3. The van der Waals surface area contributed by atoms with Crippen LogP contribution in [0.25, 0.3) is 98.8 Å². The Balaban J connectivity index is 1.07. The molecule has 0 saturated carbocycles. The quantitative estimate of drug-likeness (QED) is 0.168. The number of aromatic nitrogens is 2. The fourth-order valence-electron chi connectivity index (χ4n) is 10.0. The van der Waals surface area contributed by atoms with Gasteiger partial charge in [-0.25, -0.2) is 0 Å². The molecule has 0 spiro atoms. The zero-order valence-corrected chi connectivity index (χ0v) is 33.6. The Morgan fingerprint density at radius 3 is 1.48 bits per heavy atom. The Morgan fingerprint density at radius 2 is 0.839 bits per heavy atom. The van der Waals surface area contributed by atoms with Crippen molar-refractivity contribution in [1.29, 1.82) is 0 Å². The van der Waals surface area contributed by atoms with Crippen LogP contribution in [-0.2, 0) is 0 Å². The Morgan fingerprint density at radius 1 is 0.339 bits per heavy atom. The molecular weight excluding hydrogens is 755 g/mol. The minimum absolute atomic E-state index is 0.871. The maximum atomic E-state index is 6.63. The molecule has 4 nitrogen and oxygen atoms in total. The van der Waals surface area contributed by atoms with Crippen LogP contribution in [0.5, 0.6) is 0 Å². The van der Waals surface area contributed by atoms with Gasteiger partial charge in [-0.15, -0.1) is 0 Å². The molecule has 0 radical (unpaired) electrons. The van der Waals surface area contributed by atoms with Crippen LogP contribution < -0.4 is 4.90 Å². The van der Waals surface area contributed by atoms with Crippen LogP contribution in [0.15, 0.2) is 229 Å². The average Bonchev–Trinajstić information content (AvgIpc) is 3.99. The van der Waals surface area contributed by atoms with Crippen molar-refractivity contribution in [2.45, 2.75) is 0 Å². The first-order valence-corrected chi connectivity index (χ1v) is 21.2. The highest BCUT2D eigenvalue weighted by molar-refractivity contribution is 6.17. The van der Waals surface area contributed by atoms with Crippen molar-refractivity contribution >= 4 is 93.4 Å². The van der Waals surface area contributed by atoms with Gasteiger partial charge >= 0.3 is 0 Å². The summed E-state index contributed by atoms with van der Waals surface area (Å²) in [4.78, 5) is 2.44. The molecule has 13 rings (SSSR count). The van der Waals surface area contributed by atoms with Gasteiger partial charge in [0.25, 0.3) is 0 Å². The van der Waals surface area contributed by atoms with Crippen LogP contribution in [0.4, 0.5) is 17.1 Å². The third kappa shape index (κ3) is 5.14. The second-order valence-electron chi connectivity index (χ2n) is 16.1. The number of hydrogen-bond acceptors (Lipinski definition) is 2. The largest absolute Gasteiger partial charge is 0.456 e. The zero-order valence-electron chi connectivity index (χ0n) is 33.6. The fraction of sp³-hybridized carbons (Fsp3) is 0. The van der Waals surface area contributed by atoms with E-state index in [2.05, 4.69) is 238 Å². The molecule has 0 unspecified atom stereocenters. The molecule has 0 saturated heterocycles. The monoisotopic (exact) mass is 791 g/mol. The van der Waals surface area contributed by atoms with Crippen molar-refractivity contribution < 1.29 is 4.42 Å². The van der Waals surface area contributed by atoms with Gasteiger partial charge in [-0.05, 0) is 101 Å². The highest BCUT2D eigenvalue weighted by atomic mass is 16.3. The Labute approximate surface area is 357 Å². The SMILES string of the molecule is c1ccc(N(c2ccc(-n3c4ccccc4c4ccccc43)cc2)c2ccccc2-n2c3ccccc3c3ccccc32)c(-c2cccc3oc4cc5ccccc5cc4c23)c1. The van der Waals surface area contributed by atoms with E-state index in [4.69, 9.17) is 4.42 Å². The van der Waals surface area contributed by atoms with Gasteiger partial charge in [0.2, 0.25) is 0 Å². The molecule has 3 heterocycles. The zero-order chi connectivity index (χ0) is 40.7. The first kappa shape index (κ1) is 34.5. The lowest BCUT2D eigenvalue weighted by atomic mass is 9.96. The van der Waals surface area contributed by atoms with Gasteiger partial charge in [0.05, 0.1) is 39.1 Å². The summed E-state index contributed by atoms with van der Waals surface area (Å²) < 4.78 is 11.4. The van der Waals surface area contributed by atoms with E-state index < -0.39 is 0 Å². The third-order valence-corrected chi connectivity index (χ3v) is 12.7. The molecule has 0 N–H and O–H groups in total. The molecule has 0 fully saturated rings. The Hall–Kier alpha value is -8.34. The normalized spacial score (nSPS) is 11.9. The highest BCUT2D eigenvalue weighted by Crippen LogP contribution is 2.48. The summed E-state index contributed by atoms with van der Waals surface area (Å²) in [5.74, 6) is 0. The molecule has 10 aromatic carbocycles. The topological polar surface area (TPSA) is 26.2 Å². The molecule has 0 aliphatic carbocycles. The number of furan rings is 1. The van der Waals surface area contributed by atoms with Crippen molar-refractivity contribution in [1.82, 2.24) is 9.13 Å². The number of anilines is 3. The van der Waals surface area contributed by atoms with Crippen LogP contribution in [-0.4, -0.2) is 9.13 Å². The summed E-state index contributed by atoms with van der Waals surface area (Å²) in [7, 11) is 0. The number of rotatable bonds is 6. The van der Waals surface area contributed by atoms with E-state index in [1.54, 1.807) is 0 Å². The molecule has 4 heteroatoms. The maximum absolute atomic E-state index is 6.63. The van der Waals surface area contributed by atoms with E-state index in [1.807, 2.05) is 0 Å². The smallest absolute Gasteiger partial charge is 0.136 e. The van der Waals surface area contributed by atoms with Gasteiger partial charge in [-0.3, -0.25) is 0 Å². The van der Waals surface area contributed by atoms with Gasteiger partial charge in [0.1, 0.15) is 11.2 Å². The molecular formula is C58H37N3O. The molecule has 0 bridgehead atoms. The van der Waals surface area contributed by atoms with Gasteiger partial charge in [0.15, 0.2) is 0 Å². The van der Waals surface area contributed by atoms with Crippen LogP contribution in [0.3, 0.4) is 0 Å². The predicted molar refractivity (Wildman–Crippen MR) is 260 cm³/mol. The summed E-state index contributed by atoms with van der Waals surface area (Å²) in [6, 6.07) is 81.0. The number of fused-ring (bicyclic) bond motifs is 10. The van der Waals surface area contributed by atoms with Crippen molar-refractivity contribution in [2.24, 2.45) is 0 Å². The summed E-state index contributed by atoms with van der Waals surface area (Å²) in [6.45, 7) is 0. The standard InChI is InChI=1S/C58H37N3O/c1-2-17-39-37-57-48(36-38(39)16-1)58-47(23-15-31-56(58)62-57)46-22-7-10-26-51(46)60(41-34-32-40(33-35-41)59-49-24-8-3-18-42(49)43-19-4-9-25-50(43)59)54-29-13-14-30-55(54)61-52-27-11-5-20-44(52)45-21-6-12-28-53(45)61/h1-37H. The molecule has 62 heavy (non-hydrogen) atoms. The Bertz CT molecular complexity index is 3780. The average molecular weight is 792 g/mol. The second-order valence-corrected chi connectivity index (χ2v) is 16.1. The first-order valence-electron chi connectivity index (χ1n) is 21.2. The summed E-state index contributed by atoms with van der Waals surface area (Å²) in [5, 5.41) is 9.52. The second kappa shape index (κ2) is 13.6. The van der Waals surface area contributed by atoms with Crippen molar-refractivity contribution in [3.8, 4) is 22.5 Å². The lowest BCUT2D eigenvalue weighted by Crippen LogP contribution is -2.14. The van der Waals surface area contributed by atoms with Crippen molar-refractivity contribution in [3.05, 3.63) is 224 Å². The van der Waals surface area contributed by atoms with E-state index in [0.29, 0.717) is 0 Å². The third-order valence-electron chi connectivity index (χ3n) is 12.7. The van der Waals surface area contributed by atoms with Crippen molar-refractivity contribution in [3.63, 3.8) is 0 Å². The molecule has 290 valence electrons. The molecule has 13 aromatic rings.